The summed E-state index contributed by atoms with van der Waals surface area (Å²) in [5.41, 5.74) is 1.44. The third-order valence-corrected chi connectivity index (χ3v) is 6.74. The van der Waals surface area contributed by atoms with Crippen LogP contribution in [0, 0.1) is 0 Å². The monoisotopic (exact) mass is 373 g/mol. The molecule has 1 aliphatic rings. The summed E-state index contributed by atoms with van der Waals surface area (Å²) in [5, 5.41) is 33.0. The van der Waals surface area contributed by atoms with Crippen LogP contribution in [0.3, 0.4) is 0 Å². The van der Waals surface area contributed by atoms with E-state index in [4.69, 9.17) is 0 Å². The molecule has 3 rings (SSSR count). The highest BCUT2D eigenvalue weighted by Gasteiger charge is 2.43. The fourth-order valence-electron chi connectivity index (χ4n) is 3.69. The topological polar surface area (TPSA) is 63.9 Å². The van der Waals surface area contributed by atoms with Crippen molar-refractivity contribution >= 4 is 11.8 Å². The molecule has 2 aromatic rings. The summed E-state index contributed by atoms with van der Waals surface area (Å²) in [6, 6.07) is 12.7. The molecule has 4 nitrogen and oxygen atoms in total. The van der Waals surface area contributed by atoms with Crippen LogP contribution in [0.5, 0.6) is 11.5 Å². The second kappa shape index (κ2) is 7.91. The van der Waals surface area contributed by atoms with Crippen molar-refractivity contribution in [1.82, 2.24) is 5.06 Å². The normalized spacial score (nSPS) is 23.4. The van der Waals surface area contributed by atoms with Gasteiger partial charge in [-0.2, -0.15) is 5.06 Å². The van der Waals surface area contributed by atoms with E-state index in [2.05, 4.69) is 13.8 Å². The molecule has 1 heterocycles. The number of aromatic hydroxyl groups is 2. The molecule has 0 amide bonds. The quantitative estimate of drug-likeness (QED) is 0.619. The van der Waals surface area contributed by atoms with Crippen LogP contribution in [0.15, 0.2) is 47.4 Å². The Labute approximate surface area is 159 Å². The van der Waals surface area contributed by atoms with Crippen molar-refractivity contribution in [3.8, 4) is 11.5 Å². The molecule has 140 valence electrons. The first-order valence-corrected chi connectivity index (χ1v) is 10.2. The average molecular weight is 374 g/mol. The number of hydrogen-bond acceptors (Lipinski definition) is 5. The van der Waals surface area contributed by atoms with Gasteiger partial charge in [-0.1, -0.05) is 57.0 Å². The van der Waals surface area contributed by atoms with E-state index in [9.17, 15) is 15.4 Å². The van der Waals surface area contributed by atoms with E-state index in [0.29, 0.717) is 0 Å². The number of phenolic OH excluding ortho intramolecular Hbond substituents is 2. The molecule has 0 radical (unpaired) electrons. The highest BCUT2D eigenvalue weighted by molar-refractivity contribution is 7.99. The molecule has 0 unspecified atom stereocenters. The molecular formula is C21H27NO3S. The van der Waals surface area contributed by atoms with Crippen LogP contribution in [0.25, 0.3) is 0 Å². The van der Waals surface area contributed by atoms with E-state index < -0.39 is 0 Å². The number of phenols is 2. The lowest BCUT2D eigenvalue weighted by Crippen LogP contribution is -2.49. The Morgan fingerprint density at radius 2 is 1.81 bits per heavy atom. The SMILES string of the molecule is CCCC[C@]1(CC)CSc2cc(O)c(O)cc2[C@@H](c2ccccc2)N1O. The Morgan fingerprint density at radius 3 is 2.46 bits per heavy atom. The zero-order valence-corrected chi connectivity index (χ0v) is 16.2. The number of nitrogens with zero attached hydrogens (tertiary/aromatic N) is 1. The van der Waals surface area contributed by atoms with Gasteiger partial charge in [0.05, 0.1) is 11.6 Å². The van der Waals surface area contributed by atoms with Crippen molar-refractivity contribution in [3.63, 3.8) is 0 Å². The Bertz CT molecular complexity index is 752. The van der Waals surface area contributed by atoms with Crippen LogP contribution in [0.2, 0.25) is 0 Å². The van der Waals surface area contributed by atoms with Crippen LogP contribution in [-0.2, 0) is 0 Å². The summed E-state index contributed by atoms with van der Waals surface area (Å²) in [6.45, 7) is 4.28. The molecule has 0 bridgehead atoms. The third kappa shape index (κ3) is 3.43. The zero-order valence-electron chi connectivity index (χ0n) is 15.4. The first-order chi connectivity index (χ1) is 12.5. The smallest absolute Gasteiger partial charge is 0.158 e. The molecule has 5 heteroatoms. The van der Waals surface area contributed by atoms with E-state index in [0.717, 1.165) is 47.5 Å². The molecule has 0 saturated heterocycles. The van der Waals surface area contributed by atoms with E-state index in [-0.39, 0.29) is 23.1 Å². The maximum absolute atomic E-state index is 11.4. The summed E-state index contributed by atoms with van der Waals surface area (Å²) in [4.78, 5) is 0.903. The molecule has 0 aliphatic carbocycles. The van der Waals surface area contributed by atoms with Crippen molar-refractivity contribution < 1.29 is 15.4 Å². The van der Waals surface area contributed by atoms with Crippen molar-refractivity contribution in [3.05, 3.63) is 53.6 Å². The van der Waals surface area contributed by atoms with Crippen LogP contribution in [0.4, 0.5) is 0 Å². The predicted octanol–water partition coefficient (Wildman–Crippen LogP) is 5.32. The average Bonchev–Trinajstić information content (AvgIpc) is 2.77. The fraction of sp³-hybridized carbons (Fsp3) is 0.429. The number of thioether (sulfide) groups is 1. The number of fused-ring (bicyclic) bond motifs is 1. The molecule has 26 heavy (non-hydrogen) atoms. The summed E-state index contributed by atoms with van der Waals surface area (Å²) >= 11 is 1.64. The molecule has 0 aromatic heterocycles. The molecule has 1 aliphatic heterocycles. The maximum atomic E-state index is 11.4. The molecule has 0 saturated carbocycles. The lowest BCUT2D eigenvalue weighted by atomic mass is 9.87. The minimum absolute atomic E-state index is 0.120. The van der Waals surface area contributed by atoms with Crippen molar-refractivity contribution in [2.45, 2.75) is 56.0 Å². The fourth-order valence-corrected chi connectivity index (χ4v) is 5.12. The Morgan fingerprint density at radius 1 is 1.12 bits per heavy atom. The van der Waals surface area contributed by atoms with E-state index in [1.165, 1.54) is 5.06 Å². The van der Waals surface area contributed by atoms with Gasteiger partial charge in [0.25, 0.3) is 0 Å². The summed E-state index contributed by atoms with van der Waals surface area (Å²) in [7, 11) is 0. The first kappa shape index (κ1) is 19.1. The van der Waals surface area contributed by atoms with Gasteiger partial charge in [0, 0.05) is 10.6 Å². The second-order valence-electron chi connectivity index (χ2n) is 7.01. The van der Waals surface area contributed by atoms with Crippen LogP contribution >= 0.6 is 11.8 Å². The number of rotatable bonds is 5. The van der Waals surface area contributed by atoms with Gasteiger partial charge < -0.3 is 15.4 Å². The summed E-state index contributed by atoms with van der Waals surface area (Å²) < 4.78 is 0. The largest absolute Gasteiger partial charge is 0.504 e. The van der Waals surface area contributed by atoms with Crippen LogP contribution < -0.4 is 0 Å². The van der Waals surface area contributed by atoms with Gasteiger partial charge in [0.2, 0.25) is 0 Å². The van der Waals surface area contributed by atoms with Gasteiger partial charge >= 0.3 is 0 Å². The minimum Gasteiger partial charge on any atom is -0.504 e. The third-order valence-electron chi connectivity index (χ3n) is 5.40. The molecule has 0 spiro atoms. The number of hydrogen-bond donors (Lipinski definition) is 3. The standard InChI is InChI=1S/C21H27NO3S/c1-3-5-11-21(4-2)14-26-19-13-18(24)17(23)12-16(19)20(22(21)25)15-9-7-6-8-10-15/h6-10,12-13,20,23-25H,3-5,11,14H2,1-2H3/t20-,21-/m1/s1. The highest BCUT2D eigenvalue weighted by Crippen LogP contribution is 2.48. The van der Waals surface area contributed by atoms with E-state index >= 15 is 0 Å². The lowest BCUT2D eigenvalue weighted by molar-refractivity contribution is -0.193. The van der Waals surface area contributed by atoms with E-state index in [1.807, 2.05) is 30.3 Å². The summed E-state index contributed by atoms with van der Waals surface area (Å²) in [6.07, 6.45) is 3.84. The highest BCUT2D eigenvalue weighted by atomic mass is 32.2. The van der Waals surface area contributed by atoms with Crippen molar-refractivity contribution in [2.24, 2.45) is 0 Å². The lowest BCUT2D eigenvalue weighted by Gasteiger charge is -2.42. The minimum atomic E-state index is -0.385. The summed E-state index contributed by atoms with van der Waals surface area (Å²) in [5.74, 6) is 0.460. The number of hydroxylamine groups is 2. The second-order valence-corrected chi connectivity index (χ2v) is 8.02. The Hall–Kier alpha value is -1.69. The van der Waals surface area contributed by atoms with Gasteiger partial charge in [-0.05, 0) is 36.1 Å². The maximum Gasteiger partial charge on any atom is 0.158 e. The van der Waals surface area contributed by atoms with Gasteiger partial charge in [-0.25, -0.2) is 0 Å². The predicted molar refractivity (Wildman–Crippen MR) is 105 cm³/mol. The van der Waals surface area contributed by atoms with Crippen LogP contribution in [0.1, 0.15) is 56.7 Å². The molecule has 3 N–H and O–H groups in total. The molecule has 2 atom stereocenters. The molecule has 0 fully saturated rings. The Kier molecular flexibility index (Phi) is 5.80. The number of unbranched alkanes of at least 4 members (excludes halogenated alkanes) is 1. The van der Waals surface area contributed by atoms with Gasteiger partial charge in [-0.15, -0.1) is 11.8 Å². The van der Waals surface area contributed by atoms with Crippen molar-refractivity contribution in [2.75, 3.05) is 5.75 Å². The van der Waals surface area contributed by atoms with Crippen molar-refractivity contribution in [1.29, 1.82) is 0 Å². The molecule has 2 aromatic carbocycles. The van der Waals surface area contributed by atoms with Gasteiger partial charge in [0.1, 0.15) is 0 Å². The van der Waals surface area contributed by atoms with Crippen LogP contribution in [-0.4, -0.2) is 31.8 Å². The van der Waals surface area contributed by atoms with E-state index in [1.54, 1.807) is 23.9 Å². The first-order valence-electron chi connectivity index (χ1n) is 9.24. The Balaban J connectivity index is 2.16. The zero-order chi connectivity index (χ0) is 18.7. The molecular weight excluding hydrogens is 346 g/mol. The van der Waals surface area contributed by atoms with Gasteiger partial charge in [-0.3, -0.25) is 0 Å². The van der Waals surface area contributed by atoms with Gasteiger partial charge in [0.15, 0.2) is 11.5 Å². The number of benzene rings is 2.